The van der Waals surface area contributed by atoms with E-state index in [4.69, 9.17) is 5.84 Å². The number of benzene rings is 1. The van der Waals surface area contributed by atoms with Crippen LogP contribution in [0.4, 0.5) is 15.9 Å². The maximum absolute atomic E-state index is 13.2. The van der Waals surface area contributed by atoms with E-state index >= 15 is 0 Å². The maximum atomic E-state index is 13.2. The monoisotopic (exact) mass is 261 g/mol. The summed E-state index contributed by atoms with van der Waals surface area (Å²) < 4.78 is 13.2. The Balaban J connectivity index is 2.14. The molecule has 2 aromatic rings. The van der Waals surface area contributed by atoms with E-state index in [1.54, 1.807) is 18.5 Å². The number of halogens is 1. The molecule has 0 saturated heterocycles. The molecule has 5 nitrogen and oxygen atoms in total. The van der Waals surface area contributed by atoms with E-state index in [-0.39, 0.29) is 5.82 Å². The highest BCUT2D eigenvalue weighted by Gasteiger charge is 2.07. The lowest BCUT2D eigenvalue weighted by atomic mass is 10.2. The maximum Gasteiger partial charge on any atom is 0.158 e. The number of nitrogens with zero attached hydrogens (tertiary/aromatic N) is 3. The van der Waals surface area contributed by atoms with Crippen LogP contribution in [0, 0.1) is 5.82 Å². The van der Waals surface area contributed by atoms with Gasteiger partial charge in [0.2, 0.25) is 0 Å². The van der Waals surface area contributed by atoms with Gasteiger partial charge in [-0.2, -0.15) is 0 Å². The molecule has 0 spiro atoms. The summed E-state index contributed by atoms with van der Waals surface area (Å²) in [5.41, 5.74) is 4.04. The van der Waals surface area contributed by atoms with Crippen LogP contribution < -0.4 is 16.2 Å². The molecule has 0 aliphatic rings. The smallest absolute Gasteiger partial charge is 0.158 e. The van der Waals surface area contributed by atoms with Gasteiger partial charge in [-0.25, -0.2) is 15.2 Å². The summed E-state index contributed by atoms with van der Waals surface area (Å²) in [6, 6.07) is 6.50. The van der Waals surface area contributed by atoms with Crippen LogP contribution in [0.15, 0.2) is 36.7 Å². The number of hydrogen-bond acceptors (Lipinski definition) is 5. The molecule has 0 amide bonds. The summed E-state index contributed by atoms with van der Waals surface area (Å²) in [6.07, 6.45) is 3.21. The zero-order valence-corrected chi connectivity index (χ0v) is 10.7. The predicted octanol–water partition coefficient (Wildman–Crippen LogP) is 1.93. The Labute approximate surface area is 111 Å². The van der Waals surface area contributed by atoms with Gasteiger partial charge >= 0.3 is 0 Å². The quantitative estimate of drug-likeness (QED) is 0.636. The second kappa shape index (κ2) is 6.10. The predicted molar refractivity (Wildman–Crippen MR) is 73.0 cm³/mol. The third kappa shape index (κ3) is 3.38. The second-order valence-electron chi connectivity index (χ2n) is 4.03. The van der Waals surface area contributed by atoms with Gasteiger partial charge < -0.3 is 10.3 Å². The summed E-state index contributed by atoms with van der Waals surface area (Å²) in [5, 5.41) is 0. The van der Waals surface area contributed by atoms with Crippen molar-refractivity contribution in [3.63, 3.8) is 0 Å². The van der Waals surface area contributed by atoms with Crippen molar-refractivity contribution in [2.24, 2.45) is 5.84 Å². The van der Waals surface area contributed by atoms with E-state index in [0.717, 1.165) is 17.9 Å². The van der Waals surface area contributed by atoms with Crippen LogP contribution >= 0.6 is 0 Å². The van der Waals surface area contributed by atoms with E-state index in [1.807, 2.05) is 17.9 Å². The number of nitrogens with one attached hydrogen (secondary N) is 1. The zero-order valence-electron chi connectivity index (χ0n) is 10.7. The fraction of sp³-hybridized carbons (Fsp3) is 0.231. The van der Waals surface area contributed by atoms with Crippen molar-refractivity contribution in [2.75, 3.05) is 16.9 Å². The van der Waals surface area contributed by atoms with Gasteiger partial charge in [0.25, 0.3) is 0 Å². The Hall–Kier alpha value is -2.21. The minimum Gasteiger partial charge on any atom is -0.366 e. The molecule has 0 unspecified atom stereocenters. The average Bonchev–Trinajstić information content (AvgIpc) is 2.45. The Kier molecular flexibility index (Phi) is 4.25. The van der Waals surface area contributed by atoms with Crippen molar-refractivity contribution in [1.82, 2.24) is 9.97 Å². The topological polar surface area (TPSA) is 67.1 Å². The van der Waals surface area contributed by atoms with Crippen molar-refractivity contribution in [1.29, 1.82) is 0 Å². The van der Waals surface area contributed by atoms with E-state index in [0.29, 0.717) is 12.4 Å². The molecule has 1 aromatic heterocycles. The second-order valence-corrected chi connectivity index (χ2v) is 4.03. The minimum absolute atomic E-state index is 0.246. The van der Waals surface area contributed by atoms with Gasteiger partial charge in [-0.3, -0.25) is 4.98 Å². The molecule has 6 heteroatoms. The summed E-state index contributed by atoms with van der Waals surface area (Å²) in [4.78, 5) is 10.4. The number of nitrogens with two attached hydrogens (primary N) is 1. The summed E-state index contributed by atoms with van der Waals surface area (Å²) >= 11 is 0. The molecule has 1 heterocycles. The Morgan fingerprint density at radius 1 is 1.32 bits per heavy atom. The molecule has 0 saturated carbocycles. The van der Waals surface area contributed by atoms with Crippen LogP contribution in [0.1, 0.15) is 12.6 Å². The molecule has 19 heavy (non-hydrogen) atoms. The SMILES string of the molecule is CCN(Cc1cnc(NN)cn1)c1cccc(F)c1. The number of nitrogen functional groups attached to an aromatic ring is 1. The third-order valence-corrected chi connectivity index (χ3v) is 2.76. The first kappa shape index (κ1) is 13.2. The number of anilines is 2. The molecule has 0 aliphatic carbocycles. The van der Waals surface area contributed by atoms with Crippen LogP contribution in [-0.4, -0.2) is 16.5 Å². The van der Waals surface area contributed by atoms with Crippen LogP contribution in [0.5, 0.6) is 0 Å². The van der Waals surface area contributed by atoms with Crippen LogP contribution in [0.25, 0.3) is 0 Å². The van der Waals surface area contributed by atoms with Crippen molar-refractivity contribution in [3.05, 3.63) is 48.2 Å². The first-order valence-electron chi connectivity index (χ1n) is 6.01. The van der Waals surface area contributed by atoms with Crippen LogP contribution in [0.3, 0.4) is 0 Å². The molecule has 0 bridgehead atoms. The number of rotatable bonds is 5. The molecular formula is C13H16FN5. The van der Waals surface area contributed by atoms with Gasteiger partial charge in [0.15, 0.2) is 5.82 Å². The van der Waals surface area contributed by atoms with Crippen LogP contribution in [0.2, 0.25) is 0 Å². The summed E-state index contributed by atoms with van der Waals surface area (Å²) in [7, 11) is 0. The van der Waals surface area contributed by atoms with E-state index in [1.165, 1.54) is 12.1 Å². The standard InChI is InChI=1S/C13H16FN5/c1-2-19(12-5-3-4-10(14)6-12)9-11-7-17-13(18-15)8-16-11/h3-8H,2,9,15H2,1H3,(H,17,18). The number of aromatic nitrogens is 2. The van der Waals surface area contributed by atoms with E-state index < -0.39 is 0 Å². The minimum atomic E-state index is -0.246. The normalized spacial score (nSPS) is 10.3. The van der Waals surface area contributed by atoms with Crippen molar-refractivity contribution >= 4 is 11.5 Å². The lowest BCUT2D eigenvalue weighted by molar-refractivity contribution is 0.626. The molecule has 1 aromatic carbocycles. The van der Waals surface area contributed by atoms with Gasteiger partial charge in [0, 0.05) is 12.2 Å². The average molecular weight is 261 g/mol. The summed E-state index contributed by atoms with van der Waals surface area (Å²) in [6.45, 7) is 3.33. The molecule has 0 atom stereocenters. The fourth-order valence-electron chi connectivity index (χ4n) is 1.76. The van der Waals surface area contributed by atoms with Crippen LogP contribution in [-0.2, 0) is 6.54 Å². The highest BCUT2D eigenvalue weighted by molar-refractivity contribution is 5.46. The van der Waals surface area contributed by atoms with Gasteiger partial charge in [-0.15, -0.1) is 0 Å². The molecule has 0 radical (unpaired) electrons. The lowest BCUT2D eigenvalue weighted by Gasteiger charge is -2.22. The van der Waals surface area contributed by atoms with Crippen molar-refractivity contribution in [3.8, 4) is 0 Å². The Morgan fingerprint density at radius 2 is 2.16 bits per heavy atom. The first-order valence-corrected chi connectivity index (χ1v) is 6.01. The highest BCUT2D eigenvalue weighted by atomic mass is 19.1. The number of hydrogen-bond donors (Lipinski definition) is 2. The Morgan fingerprint density at radius 3 is 2.74 bits per heavy atom. The molecule has 0 aliphatic heterocycles. The molecular weight excluding hydrogens is 245 g/mol. The largest absolute Gasteiger partial charge is 0.366 e. The molecule has 0 fully saturated rings. The first-order chi connectivity index (χ1) is 9.22. The van der Waals surface area contributed by atoms with Gasteiger partial charge in [-0.1, -0.05) is 6.07 Å². The zero-order chi connectivity index (χ0) is 13.7. The van der Waals surface area contributed by atoms with Crippen molar-refractivity contribution < 1.29 is 4.39 Å². The molecule has 3 N–H and O–H groups in total. The third-order valence-electron chi connectivity index (χ3n) is 2.76. The van der Waals surface area contributed by atoms with Gasteiger partial charge in [-0.05, 0) is 25.1 Å². The lowest BCUT2D eigenvalue weighted by Crippen LogP contribution is -2.23. The molecule has 2 rings (SSSR count). The van der Waals surface area contributed by atoms with E-state index in [9.17, 15) is 4.39 Å². The fourth-order valence-corrected chi connectivity index (χ4v) is 1.76. The van der Waals surface area contributed by atoms with E-state index in [2.05, 4.69) is 15.4 Å². The van der Waals surface area contributed by atoms with Crippen molar-refractivity contribution in [2.45, 2.75) is 13.5 Å². The van der Waals surface area contributed by atoms with Gasteiger partial charge in [0.1, 0.15) is 5.82 Å². The highest BCUT2D eigenvalue weighted by Crippen LogP contribution is 2.17. The molecule has 100 valence electrons. The summed E-state index contributed by atoms with van der Waals surface area (Å²) in [5.74, 6) is 5.50. The van der Waals surface area contributed by atoms with Gasteiger partial charge in [0.05, 0.1) is 24.6 Å². The Bertz CT molecular complexity index is 529. The number of hydrazine groups is 1.